The maximum Gasteiger partial charge on any atom is 0.280 e. The first-order valence-corrected chi connectivity index (χ1v) is 16.0. The summed E-state index contributed by atoms with van der Waals surface area (Å²) >= 11 is 0. The number of anilines is 2. The van der Waals surface area contributed by atoms with Crippen LogP contribution in [0, 0.1) is 27.7 Å². The highest BCUT2D eigenvalue weighted by atomic mass is 19.3. The number of aromatic nitrogens is 8. The quantitative estimate of drug-likeness (QED) is 0.145. The van der Waals surface area contributed by atoms with Crippen LogP contribution in [0.5, 0.6) is 0 Å². The Bertz CT molecular complexity index is 1750. The SMILES string of the molecule is Cc1cc(C)n(-c2nc(C=O)cc(NC3CCC(F)(F)CC3)n2)n1.Cc1cc(C)n(-c2nc(NC3CCC(F)(F)CC3)cc(C(F)F)n2)n1. The molecule has 4 aromatic heterocycles. The Morgan fingerprint density at radius 3 is 1.51 bits per heavy atom. The number of aldehydes is 1. The van der Waals surface area contributed by atoms with Crippen molar-refractivity contribution in [2.24, 2.45) is 0 Å². The fourth-order valence-corrected chi connectivity index (χ4v) is 5.87. The third kappa shape index (κ3) is 9.32. The predicted octanol–water partition coefficient (Wildman–Crippen LogP) is 7.29. The Morgan fingerprint density at radius 1 is 0.694 bits per heavy atom. The van der Waals surface area contributed by atoms with E-state index in [4.69, 9.17) is 0 Å². The highest BCUT2D eigenvalue weighted by molar-refractivity contribution is 5.73. The second kappa shape index (κ2) is 14.5. The second-order valence-corrected chi connectivity index (χ2v) is 12.6. The first-order chi connectivity index (χ1) is 23.1. The summed E-state index contributed by atoms with van der Waals surface area (Å²) < 4.78 is 82.3. The fraction of sp³-hybridized carbons (Fsp3) is 0.531. The van der Waals surface area contributed by atoms with Crippen LogP contribution in [0.4, 0.5) is 38.0 Å². The monoisotopic (exact) mass is 692 g/mol. The molecule has 17 heteroatoms. The molecule has 2 saturated carbocycles. The van der Waals surface area contributed by atoms with Crippen LogP contribution in [-0.4, -0.2) is 69.7 Å². The highest BCUT2D eigenvalue weighted by Crippen LogP contribution is 2.35. The lowest BCUT2D eigenvalue weighted by Gasteiger charge is -2.29. The van der Waals surface area contributed by atoms with Crippen molar-refractivity contribution >= 4 is 17.9 Å². The fourth-order valence-electron chi connectivity index (χ4n) is 5.87. The van der Waals surface area contributed by atoms with Crippen LogP contribution in [-0.2, 0) is 0 Å². The molecule has 0 radical (unpaired) electrons. The van der Waals surface area contributed by atoms with Gasteiger partial charge in [-0.05, 0) is 65.5 Å². The predicted molar refractivity (Wildman–Crippen MR) is 169 cm³/mol. The molecular weight excluding hydrogens is 654 g/mol. The number of hydrogen-bond acceptors (Lipinski definition) is 9. The molecule has 4 aromatic rings. The van der Waals surface area contributed by atoms with Gasteiger partial charge in [-0.1, -0.05) is 0 Å². The summed E-state index contributed by atoms with van der Waals surface area (Å²) in [5.41, 5.74) is 2.88. The van der Waals surface area contributed by atoms with E-state index < -0.39 is 24.0 Å². The maximum atomic E-state index is 13.3. The first kappa shape index (κ1) is 35.7. The third-order valence-corrected chi connectivity index (χ3v) is 8.35. The first-order valence-electron chi connectivity index (χ1n) is 16.0. The van der Waals surface area contributed by atoms with Crippen molar-refractivity contribution in [1.82, 2.24) is 39.5 Å². The van der Waals surface area contributed by atoms with Gasteiger partial charge in [0.2, 0.25) is 11.8 Å². The molecule has 0 bridgehead atoms. The summed E-state index contributed by atoms with van der Waals surface area (Å²) in [6.45, 7) is 7.28. The van der Waals surface area contributed by atoms with E-state index in [1.807, 2.05) is 19.9 Å². The lowest BCUT2D eigenvalue weighted by Crippen LogP contribution is -2.32. The minimum atomic E-state index is -2.77. The van der Waals surface area contributed by atoms with Gasteiger partial charge >= 0.3 is 0 Å². The van der Waals surface area contributed by atoms with Crippen LogP contribution in [0.25, 0.3) is 11.9 Å². The van der Waals surface area contributed by atoms with Gasteiger partial charge in [0.05, 0.1) is 11.4 Å². The molecule has 6 rings (SSSR count). The number of nitrogens with one attached hydrogen (secondary N) is 2. The van der Waals surface area contributed by atoms with Crippen LogP contribution >= 0.6 is 0 Å². The summed E-state index contributed by atoms with van der Waals surface area (Å²) in [4.78, 5) is 27.8. The van der Waals surface area contributed by atoms with Crippen LogP contribution in [0.3, 0.4) is 0 Å². The molecule has 0 unspecified atom stereocenters. The molecule has 2 N–H and O–H groups in total. The molecule has 0 aliphatic heterocycles. The number of halogens is 6. The highest BCUT2D eigenvalue weighted by Gasteiger charge is 2.36. The van der Waals surface area contributed by atoms with Gasteiger partial charge in [0.1, 0.15) is 23.0 Å². The van der Waals surface area contributed by atoms with Crippen molar-refractivity contribution in [2.75, 3.05) is 10.6 Å². The molecule has 2 fully saturated rings. The van der Waals surface area contributed by atoms with Crippen LogP contribution in [0.2, 0.25) is 0 Å². The normalized spacial score (nSPS) is 17.8. The smallest absolute Gasteiger partial charge is 0.280 e. The van der Waals surface area contributed by atoms with Crippen molar-refractivity contribution in [2.45, 2.75) is 109 Å². The molecule has 0 atom stereocenters. The molecule has 0 spiro atoms. The van der Waals surface area contributed by atoms with E-state index in [1.165, 1.54) is 10.7 Å². The van der Waals surface area contributed by atoms with Gasteiger partial charge in [-0.25, -0.2) is 45.7 Å². The summed E-state index contributed by atoms with van der Waals surface area (Å²) in [5.74, 6) is -4.26. The van der Waals surface area contributed by atoms with Crippen molar-refractivity contribution in [3.05, 3.63) is 58.4 Å². The van der Waals surface area contributed by atoms with Gasteiger partial charge in [0, 0.05) is 61.3 Å². The summed E-state index contributed by atoms with van der Waals surface area (Å²) in [6, 6.07) is 6.03. The number of carbonyl (C=O) groups is 1. The van der Waals surface area contributed by atoms with E-state index in [0.29, 0.717) is 36.3 Å². The van der Waals surface area contributed by atoms with E-state index in [-0.39, 0.29) is 74.0 Å². The maximum absolute atomic E-state index is 13.3. The molecule has 49 heavy (non-hydrogen) atoms. The van der Waals surface area contributed by atoms with Crippen LogP contribution in [0.1, 0.15) is 96.8 Å². The summed E-state index contributed by atoms with van der Waals surface area (Å²) in [5, 5.41) is 14.7. The molecule has 2 aliphatic carbocycles. The Labute approximate surface area is 279 Å². The molecule has 0 saturated heterocycles. The van der Waals surface area contributed by atoms with Gasteiger partial charge in [0.25, 0.3) is 18.3 Å². The Hall–Kier alpha value is -4.57. The Kier molecular flexibility index (Phi) is 10.6. The third-order valence-electron chi connectivity index (χ3n) is 8.35. The zero-order chi connectivity index (χ0) is 35.5. The number of alkyl halides is 6. The zero-order valence-corrected chi connectivity index (χ0v) is 27.5. The van der Waals surface area contributed by atoms with Gasteiger partial charge < -0.3 is 10.6 Å². The van der Waals surface area contributed by atoms with Crippen LogP contribution in [0.15, 0.2) is 24.3 Å². The summed E-state index contributed by atoms with van der Waals surface area (Å²) in [7, 11) is 0. The van der Waals surface area contributed by atoms with E-state index in [1.54, 1.807) is 24.6 Å². The molecule has 2 aliphatic rings. The van der Waals surface area contributed by atoms with E-state index in [0.717, 1.165) is 17.5 Å². The largest absolute Gasteiger partial charge is 0.367 e. The zero-order valence-electron chi connectivity index (χ0n) is 27.5. The molecule has 11 nitrogen and oxygen atoms in total. The van der Waals surface area contributed by atoms with E-state index >= 15 is 0 Å². The van der Waals surface area contributed by atoms with Crippen molar-refractivity contribution in [3.63, 3.8) is 0 Å². The second-order valence-electron chi connectivity index (χ2n) is 12.6. The minimum Gasteiger partial charge on any atom is -0.367 e. The van der Waals surface area contributed by atoms with Gasteiger partial charge in [-0.3, -0.25) is 4.79 Å². The Balaban J connectivity index is 0.000000191. The molecule has 264 valence electrons. The number of rotatable bonds is 8. The number of nitrogens with zero attached hydrogens (tertiary/aromatic N) is 8. The lowest BCUT2D eigenvalue weighted by molar-refractivity contribution is -0.0366. The van der Waals surface area contributed by atoms with Crippen molar-refractivity contribution in [3.8, 4) is 11.9 Å². The van der Waals surface area contributed by atoms with Gasteiger partial charge in [-0.2, -0.15) is 20.2 Å². The minimum absolute atomic E-state index is 0.0343. The molecule has 4 heterocycles. The standard InChI is InChI=1S/C16H19F4N5.C16H19F2N5O/c1-9-7-10(2)25(24-9)15-22-12(14(17)18)8-13(23-15)21-11-3-5-16(19,20)6-4-11;1-10-7-11(2)23(22-10)15-20-13(9-24)8-14(21-15)19-12-3-5-16(17,18)6-4-12/h7-8,11,14H,3-6H2,1-2H3,(H,21,22,23);7-9,12H,3-6H2,1-2H3,(H,19,20,21). The van der Waals surface area contributed by atoms with Crippen molar-refractivity contribution in [1.29, 1.82) is 0 Å². The molecule has 0 aromatic carbocycles. The van der Waals surface area contributed by atoms with E-state index in [9.17, 15) is 31.1 Å². The van der Waals surface area contributed by atoms with Gasteiger partial charge in [-0.15, -0.1) is 0 Å². The number of hydrogen-bond donors (Lipinski definition) is 2. The van der Waals surface area contributed by atoms with E-state index in [2.05, 4.69) is 40.8 Å². The van der Waals surface area contributed by atoms with Crippen LogP contribution < -0.4 is 10.6 Å². The number of aryl methyl sites for hydroxylation is 4. The average molecular weight is 693 g/mol. The lowest BCUT2D eigenvalue weighted by atomic mass is 9.92. The topological polar surface area (TPSA) is 128 Å². The number of carbonyl (C=O) groups excluding carboxylic acids is 1. The molecular formula is C32H38F6N10O. The van der Waals surface area contributed by atoms with Gasteiger partial charge in [0.15, 0.2) is 6.29 Å². The van der Waals surface area contributed by atoms with Crippen molar-refractivity contribution < 1.29 is 31.1 Å². The Morgan fingerprint density at radius 2 is 1.12 bits per heavy atom. The average Bonchev–Trinajstić information content (AvgIpc) is 3.57. The molecule has 0 amide bonds. The summed E-state index contributed by atoms with van der Waals surface area (Å²) in [6.07, 6.45) is -1.60.